The number of carbonyl (C=O) groups is 3. The zero-order valence-corrected chi connectivity index (χ0v) is 27.7. The average molecular weight is 652 g/mol. The number of nitrogens with zero attached hydrogens (tertiary/aromatic N) is 5. The van der Waals surface area contributed by atoms with Crippen molar-refractivity contribution in [1.82, 2.24) is 30.0 Å². The van der Waals surface area contributed by atoms with Gasteiger partial charge in [0.15, 0.2) is 0 Å². The van der Waals surface area contributed by atoms with Gasteiger partial charge in [-0.25, -0.2) is 9.59 Å². The van der Waals surface area contributed by atoms with E-state index < -0.39 is 12.1 Å². The third-order valence-corrected chi connectivity index (χ3v) is 10.4. The molecule has 4 aliphatic rings. The lowest BCUT2D eigenvalue weighted by molar-refractivity contribution is -0.137. The maximum atomic E-state index is 13.9. The summed E-state index contributed by atoms with van der Waals surface area (Å²) in [4.78, 5) is 54.3. The van der Waals surface area contributed by atoms with Gasteiger partial charge in [0.25, 0.3) is 0 Å². The molecule has 3 fully saturated rings. The summed E-state index contributed by atoms with van der Waals surface area (Å²) in [6, 6.07) is 13.2. The molecule has 11 nitrogen and oxygen atoms in total. The number of likely N-dealkylation sites (N-methyl/N-ethyl adjacent to an activating group) is 1. The molecule has 0 spiro atoms. The number of piperazine rings is 1. The number of hydrogen-bond donors (Lipinski definition) is 2. The maximum Gasteiger partial charge on any atom is 0.426 e. The zero-order chi connectivity index (χ0) is 32.2. The van der Waals surface area contributed by atoms with Gasteiger partial charge in [0.05, 0.1) is 0 Å². The second kappa shape index (κ2) is 14.6. The van der Waals surface area contributed by atoms with Crippen LogP contribution in [0.15, 0.2) is 42.5 Å². The van der Waals surface area contributed by atoms with Gasteiger partial charge in [0, 0.05) is 88.1 Å². The number of hydrogen-bond acceptors (Lipinski definition) is 7. The van der Waals surface area contributed by atoms with Crippen molar-refractivity contribution in [3.05, 3.63) is 64.2 Å². The fourth-order valence-electron chi connectivity index (χ4n) is 7.18. The number of halogens is 1. The summed E-state index contributed by atoms with van der Waals surface area (Å²) in [5.41, 5.74) is 3.80. The summed E-state index contributed by atoms with van der Waals surface area (Å²) < 4.78 is 0. The van der Waals surface area contributed by atoms with E-state index in [1.54, 1.807) is 5.06 Å². The van der Waals surface area contributed by atoms with E-state index in [9.17, 15) is 14.4 Å². The van der Waals surface area contributed by atoms with E-state index in [0.717, 1.165) is 61.4 Å². The molecule has 2 aromatic carbocycles. The van der Waals surface area contributed by atoms with E-state index in [0.29, 0.717) is 63.1 Å². The van der Waals surface area contributed by atoms with E-state index in [4.69, 9.17) is 16.4 Å². The topological polar surface area (TPSA) is 101 Å². The molecule has 4 heterocycles. The van der Waals surface area contributed by atoms with Crippen molar-refractivity contribution < 1.29 is 19.2 Å². The Labute approximate surface area is 276 Å². The van der Waals surface area contributed by atoms with Crippen molar-refractivity contribution in [3.8, 4) is 0 Å². The smallest absolute Gasteiger partial charge is 0.351 e. The zero-order valence-electron chi connectivity index (χ0n) is 26.9. The average Bonchev–Trinajstić information content (AvgIpc) is 3.06. The molecule has 6 rings (SSSR count). The van der Waals surface area contributed by atoms with E-state index in [1.165, 1.54) is 0 Å². The van der Waals surface area contributed by atoms with Gasteiger partial charge in [0.2, 0.25) is 5.91 Å². The first kappa shape index (κ1) is 32.6. The minimum Gasteiger partial charge on any atom is -0.351 e. The van der Waals surface area contributed by atoms with E-state index in [-0.39, 0.29) is 18.0 Å². The van der Waals surface area contributed by atoms with Gasteiger partial charge in [-0.3, -0.25) is 9.69 Å². The molecule has 12 heteroatoms. The molecule has 3 saturated heterocycles. The quantitative estimate of drug-likeness (QED) is 0.468. The fraction of sp³-hybridized carbons (Fsp3) is 0.559. The first-order valence-electron chi connectivity index (χ1n) is 16.6. The third-order valence-electron chi connectivity index (χ3n) is 10.0. The molecule has 4 amide bonds. The van der Waals surface area contributed by atoms with E-state index in [2.05, 4.69) is 27.5 Å². The van der Waals surface area contributed by atoms with Gasteiger partial charge in [-0.05, 0) is 68.5 Å². The number of para-hydroxylation sites is 1. The van der Waals surface area contributed by atoms with Crippen LogP contribution in [0, 0.1) is 6.92 Å². The molecular weight excluding hydrogens is 606 g/mol. The molecule has 0 aromatic heterocycles. The molecule has 2 aromatic rings. The molecule has 46 heavy (non-hydrogen) atoms. The Morgan fingerprint density at radius 2 is 1.65 bits per heavy atom. The normalized spacial score (nSPS) is 21.4. The van der Waals surface area contributed by atoms with Crippen LogP contribution in [0.4, 0.5) is 15.3 Å². The lowest BCUT2D eigenvalue weighted by Gasteiger charge is -2.42. The van der Waals surface area contributed by atoms with Crippen LogP contribution in [-0.2, 0) is 22.6 Å². The highest BCUT2D eigenvalue weighted by Gasteiger charge is 2.35. The van der Waals surface area contributed by atoms with Crippen LogP contribution in [0.3, 0.4) is 0 Å². The summed E-state index contributed by atoms with van der Waals surface area (Å²) in [6.45, 7) is 9.13. The number of fused-ring (bicyclic) bond motifs is 1. The number of benzene rings is 2. The van der Waals surface area contributed by atoms with Crippen LogP contribution < -0.4 is 10.6 Å². The molecule has 248 valence electrons. The van der Waals surface area contributed by atoms with Crippen molar-refractivity contribution in [1.29, 1.82) is 0 Å². The number of anilines is 1. The summed E-state index contributed by atoms with van der Waals surface area (Å²) in [5.74, 6) is -0.0866. The van der Waals surface area contributed by atoms with Crippen LogP contribution >= 0.6 is 11.6 Å². The fourth-order valence-corrected chi connectivity index (χ4v) is 7.29. The Morgan fingerprint density at radius 3 is 2.37 bits per heavy atom. The Hall–Kier alpha value is -3.38. The van der Waals surface area contributed by atoms with Crippen molar-refractivity contribution in [2.45, 2.75) is 63.7 Å². The Bertz CT molecular complexity index is 1400. The second-order valence-corrected chi connectivity index (χ2v) is 13.5. The van der Waals surface area contributed by atoms with Gasteiger partial charge < -0.3 is 30.2 Å². The Morgan fingerprint density at radius 1 is 0.957 bits per heavy atom. The van der Waals surface area contributed by atoms with Crippen LogP contribution in [0.2, 0.25) is 5.02 Å². The predicted octanol–water partition coefficient (Wildman–Crippen LogP) is 3.95. The van der Waals surface area contributed by atoms with Crippen LogP contribution in [-0.4, -0.2) is 120 Å². The number of carbonyl (C=O) groups excluding carboxylic acids is 3. The SMILES string of the molecule is Cc1cc(CC(NC(=O)ON2CCC(N3Cc4ccccc4NC3=O)CC2)C(=O)N2CCC(N3CCN(C)CC3)CC2)ccc1Cl. The van der Waals surface area contributed by atoms with Crippen LogP contribution in [0.1, 0.15) is 42.4 Å². The van der Waals surface area contributed by atoms with Crippen molar-refractivity contribution in [3.63, 3.8) is 0 Å². The van der Waals surface area contributed by atoms with E-state index in [1.807, 2.05) is 59.2 Å². The summed E-state index contributed by atoms with van der Waals surface area (Å²) >= 11 is 6.27. The number of nitrogens with one attached hydrogen (secondary N) is 2. The first-order chi connectivity index (χ1) is 22.2. The largest absolute Gasteiger partial charge is 0.426 e. The van der Waals surface area contributed by atoms with Gasteiger partial charge in [-0.2, -0.15) is 0 Å². The number of amides is 4. The van der Waals surface area contributed by atoms with Gasteiger partial charge in [0.1, 0.15) is 6.04 Å². The molecule has 0 saturated carbocycles. The molecule has 1 unspecified atom stereocenters. The second-order valence-electron chi connectivity index (χ2n) is 13.1. The molecule has 4 aliphatic heterocycles. The third kappa shape index (κ3) is 7.76. The van der Waals surface area contributed by atoms with Crippen molar-refractivity contribution in [2.24, 2.45) is 0 Å². The van der Waals surface area contributed by atoms with Gasteiger partial charge in [-0.1, -0.05) is 41.9 Å². The van der Waals surface area contributed by atoms with Gasteiger partial charge >= 0.3 is 12.1 Å². The minimum atomic E-state index is -0.761. The molecule has 0 bridgehead atoms. The molecule has 0 aliphatic carbocycles. The Kier molecular flexibility index (Phi) is 10.3. The molecule has 0 radical (unpaired) electrons. The predicted molar refractivity (Wildman–Crippen MR) is 178 cm³/mol. The highest BCUT2D eigenvalue weighted by Crippen LogP contribution is 2.28. The first-order valence-corrected chi connectivity index (χ1v) is 17.0. The summed E-state index contributed by atoms with van der Waals surface area (Å²) in [5, 5.41) is 8.19. The highest BCUT2D eigenvalue weighted by atomic mass is 35.5. The molecule has 1 atom stereocenters. The lowest BCUT2D eigenvalue weighted by Crippen LogP contribution is -2.56. The number of urea groups is 1. The Balaban J connectivity index is 1.04. The molecular formula is C34H46ClN7O4. The monoisotopic (exact) mass is 651 g/mol. The number of hydroxylamine groups is 2. The van der Waals surface area contributed by atoms with Crippen LogP contribution in [0.25, 0.3) is 0 Å². The summed E-state index contributed by atoms with van der Waals surface area (Å²) in [7, 11) is 2.16. The minimum absolute atomic E-state index is 0.0486. The van der Waals surface area contributed by atoms with Gasteiger partial charge in [-0.15, -0.1) is 5.06 Å². The summed E-state index contributed by atoms with van der Waals surface area (Å²) in [6.07, 6.45) is 2.93. The maximum absolute atomic E-state index is 13.9. The van der Waals surface area contributed by atoms with Crippen molar-refractivity contribution in [2.75, 3.05) is 64.7 Å². The number of rotatable bonds is 7. The lowest BCUT2D eigenvalue weighted by atomic mass is 9.99. The molecule has 2 N–H and O–H groups in total. The highest BCUT2D eigenvalue weighted by molar-refractivity contribution is 6.31. The van der Waals surface area contributed by atoms with Crippen molar-refractivity contribution >= 4 is 35.3 Å². The number of aryl methyl sites for hydroxylation is 1. The van der Waals surface area contributed by atoms with Crippen LogP contribution in [0.5, 0.6) is 0 Å². The standard InChI is InChI=1S/C34H46ClN7O4/c1-24-21-25(7-8-29(24)35)22-31(32(43)40-13-9-27(10-14-40)39-19-17-38(2)18-20-39)37-34(45)46-41-15-11-28(12-16-41)42-23-26-5-3-4-6-30(26)36-33(42)44/h3-8,21,27-28,31H,9-20,22-23H2,1-2H3,(H,36,44)(H,37,45). The van der Waals surface area contributed by atoms with E-state index >= 15 is 0 Å². The number of likely N-dealkylation sites (tertiary alicyclic amines) is 1. The number of piperidine rings is 2.